The number of likely N-dealkylation sites (tertiary alicyclic amines) is 1. The standard InChI is InChI=1S/C17H22FNO4/c1-11(2)17(16(22)23)6-7-19(10-17)15(21)9-14(20)12-4-3-5-13(18)8-12/h3-5,8,11,14,20H,6-7,9-10H2,1-2H3,(H,22,23). The Labute approximate surface area is 134 Å². The van der Waals surface area contributed by atoms with Gasteiger partial charge >= 0.3 is 5.97 Å². The number of aliphatic hydroxyl groups excluding tert-OH is 1. The smallest absolute Gasteiger partial charge is 0.311 e. The van der Waals surface area contributed by atoms with Crippen LogP contribution < -0.4 is 0 Å². The highest BCUT2D eigenvalue weighted by Gasteiger charge is 2.48. The van der Waals surface area contributed by atoms with E-state index in [1.165, 1.54) is 23.1 Å². The summed E-state index contributed by atoms with van der Waals surface area (Å²) in [6.45, 7) is 4.18. The van der Waals surface area contributed by atoms with E-state index >= 15 is 0 Å². The lowest BCUT2D eigenvalue weighted by Gasteiger charge is -2.28. The third-order valence-electron chi connectivity index (χ3n) is 4.79. The molecule has 1 amide bonds. The van der Waals surface area contributed by atoms with Crippen molar-refractivity contribution in [2.75, 3.05) is 13.1 Å². The van der Waals surface area contributed by atoms with Crippen LogP contribution in [0.25, 0.3) is 0 Å². The van der Waals surface area contributed by atoms with E-state index in [9.17, 15) is 24.2 Å². The largest absolute Gasteiger partial charge is 0.481 e. The number of carbonyl (C=O) groups excluding carboxylic acids is 1. The highest BCUT2D eigenvalue weighted by atomic mass is 19.1. The summed E-state index contributed by atoms with van der Waals surface area (Å²) in [6.07, 6.45) is -0.879. The molecule has 0 aromatic heterocycles. The van der Waals surface area contributed by atoms with Crippen molar-refractivity contribution in [2.45, 2.75) is 32.8 Å². The summed E-state index contributed by atoms with van der Waals surface area (Å²) in [5.41, 5.74) is -0.592. The van der Waals surface area contributed by atoms with Crippen molar-refractivity contribution >= 4 is 11.9 Å². The molecule has 0 radical (unpaired) electrons. The predicted molar refractivity (Wildman–Crippen MR) is 82.1 cm³/mol. The van der Waals surface area contributed by atoms with Crippen molar-refractivity contribution in [1.82, 2.24) is 4.90 Å². The summed E-state index contributed by atoms with van der Waals surface area (Å²) >= 11 is 0. The molecule has 1 aromatic carbocycles. The Bertz CT molecular complexity index is 604. The first-order valence-corrected chi connectivity index (χ1v) is 7.71. The predicted octanol–water partition coefficient (Wildman–Crippen LogP) is 2.21. The number of halogens is 1. The van der Waals surface area contributed by atoms with E-state index in [-0.39, 0.29) is 24.8 Å². The molecule has 1 aliphatic heterocycles. The maximum absolute atomic E-state index is 13.2. The monoisotopic (exact) mass is 323 g/mol. The Morgan fingerprint density at radius 1 is 1.39 bits per heavy atom. The zero-order chi connectivity index (χ0) is 17.2. The second kappa shape index (κ2) is 6.66. The Morgan fingerprint density at radius 3 is 2.61 bits per heavy atom. The molecule has 126 valence electrons. The Balaban J connectivity index is 2.03. The molecule has 1 aliphatic rings. The summed E-state index contributed by atoms with van der Waals surface area (Å²) in [4.78, 5) is 25.4. The van der Waals surface area contributed by atoms with Crippen LogP contribution in [-0.4, -0.2) is 40.1 Å². The second-order valence-electron chi connectivity index (χ2n) is 6.46. The number of carbonyl (C=O) groups is 2. The second-order valence-corrected chi connectivity index (χ2v) is 6.46. The lowest BCUT2D eigenvalue weighted by Crippen LogP contribution is -2.40. The minimum atomic E-state index is -1.10. The number of hydrogen-bond donors (Lipinski definition) is 2. The van der Waals surface area contributed by atoms with Gasteiger partial charge in [0.25, 0.3) is 0 Å². The Morgan fingerprint density at radius 2 is 2.09 bits per heavy atom. The van der Waals surface area contributed by atoms with E-state index in [4.69, 9.17) is 0 Å². The number of aliphatic carboxylic acids is 1. The van der Waals surface area contributed by atoms with Crippen LogP contribution in [0.1, 0.15) is 38.4 Å². The van der Waals surface area contributed by atoms with Gasteiger partial charge in [0.05, 0.1) is 17.9 Å². The molecule has 0 spiro atoms. The molecule has 2 rings (SSSR count). The summed E-state index contributed by atoms with van der Waals surface area (Å²) in [7, 11) is 0. The average Bonchev–Trinajstić information content (AvgIpc) is 2.94. The van der Waals surface area contributed by atoms with Gasteiger partial charge in [0, 0.05) is 13.1 Å². The summed E-state index contributed by atoms with van der Waals surface area (Å²) < 4.78 is 13.2. The number of aliphatic hydroxyl groups is 1. The van der Waals surface area contributed by atoms with Gasteiger partial charge in [-0.15, -0.1) is 0 Å². The van der Waals surface area contributed by atoms with E-state index in [2.05, 4.69) is 0 Å². The fraction of sp³-hybridized carbons (Fsp3) is 0.529. The van der Waals surface area contributed by atoms with Crippen LogP contribution in [0.4, 0.5) is 4.39 Å². The maximum Gasteiger partial charge on any atom is 0.311 e. The fourth-order valence-electron chi connectivity index (χ4n) is 3.07. The number of carboxylic acid groups (broad SMARTS) is 1. The van der Waals surface area contributed by atoms with Gasteiger partial charge in [0.2, 0.25) is 5.91 Å². The fourth-order valence-corrected chi connectivity index (χ4v) is 3.07. The van der Waals surface area contributed by atoms with E-state index in [1.54, 1.807) is 6.07 Å². The van der Waals surface area contributed by atoms with E-state index in [0.717, 1.165) is 0 Å². The average molecular weight is 323 g/mol. The minimum absolute atomic E-state index is 0.0917. The normalized spacial score (nSPS) is 22.4. The molecule has 1 aromatic rings. The van der Waals surface area contributed by atoms with Crippen LogP contribution in [0.15, 0.2) is 24.3 Å². The molecule has 2 unspecified atom stereocenters. The van der Waals surface area contributed by atoms with Crippen molar-refractivity contribution in [3.05, 3.63) is 35.6 Å². The molecule has 5 nitrogen and oxygen atoms in total. The molecule has 6 heteroatoms. The first kappa shape index (κ1) is 17.4. The molecule has 0 aliphatic carbocycles. The molecule has 23 heavy (non-hydrogen) atoms. The van der Waals surface area contributed by atoms with Crippen molar-refractivity contribution < 1.29 is 24.2 Å². The van der Waals surface area contributed by atoms with Crippen LogP contribution in [0.2, 0.25) is 0 Å². The topological polar surface area (TPSA) is 77.8 Å². The van der Waals surface area contributed by atoms with Crippen LogP contribution in [-0.2, 0) is 9.59 Å². The first-order valence-electron chi connectivity index (χ1n) is 7.71. The third kappa shape index (κ3) is 3.52. The zero-order valence-corrected chi connectivity index (χ0v) is 13.3. The van der Waals surface area contributed by atoms with Gasteiger partial charge in [-0.3, -0.25) is 9.59 Å². The lowest BCUT2D eigenvalue weighted by atomic mass is 9.76. The van der Waals surface area contributed by atoms with Crippen LogP contribution in [0, 0.1) is 17.2 Å². The van der Waals surface area contributed by atoms with E-state index in [1.807, 2.05) is 13.8 Å². The van der Waals surface area contributed by atoms with Crippen molar-refractivity contribution in [1.29, 1.82) is 0 Å². The van der Waals surface area contributed by atoms with Crippen molar-refractivity contribution in [3.63, 3.8) is 0 Å². The number of hydrogen-bond acceptors (Lipinski definition) is 3. The van der Waals surface area contributed by atoms with E-state index < -0.39 is 23.3 Å². The molecular formula is C17H22FNO4. The molecule has 1 heterocycles. The number of amides is 1. The SMILES string of the molecule is CC(C)C1(C(=O)O)CCN(C(=O)CC(O)c2cccc(F)c2)C1. The summed E-state index contributed by atoms with van der Waals surface area (Å²) in [6, 6.07) is 5.49. The molecule has 1 saturated heterocycles. The number of nitrogens with zero attached hydrogens (tertiary/aromatic N) is 1. The highest BCUT2D eigenvalue weighted by molar-refractivity contribution is 5.81. The maximum atomic E-state index is 13.2. The van der Waals surface area contributed by atoms with E-state index in [0.29, 0.717) is 18.5 Å². The molecule has 1 fully saturated rings. The van der Waals surface area contributed by atoms with Gasteiger partial charge in [0.1, 0.15) is 5.82 Å². The van der Waals surface area contributed by atoms with Gasteiger partial charge in [-0.1, -0.05) is 26.0 Å². The first-order chi connectivity index (χ1) is 10.8. The molecular weight excluding hydrogens is 301 g/mol. The Hall–Kier alpha value is -1.95. The molecule has 2 atom stereocenters. The third-order valence-corrected chi connectivity index (χ3v) is 4.79. The van der Waals surface area contributed by atoms with Gasteiger partial charge in [-0.25, -0.2) is 4.39 Å². The van der Waals surface area contributed by atoms with Crippen molar-refractivity contribution in [2.24, 2.45) is 11.3 Å². The Kier molecular flexibility index (Phi) is 5.04. The molecule has 2 N–H and O–H groups in total. The number of benzene rings is 1. The van der Waals surface area contributed by atoms with Gasteiger partial charge in [-0.2, -0.15) is 0 Å². The van der Waals surface area contributed by atoms with Crippen LogP contribution in [0.5, 0.6) is 0 Å². The minimum Gasteiger partial charge on any atom is -0.481 e. The van der Waals surface area contributed by atoms with Gasteiger partial charge in [-0.05, 0) is 30.0 Å². The summed E-state index contributed by atoms with van der Waals surface area (Å²) in [5, 5.41) is 19.6. The number of rotatable bonds is 5. The van der Waals surface area contributed by atoms with Crippen molar-refractivity contribution in [3.8, 4) is 0 Å². The zero-order valence-electron chi connectivity index (χ0n) is 13.3. The molecule has 0 saturated carbocycles. The summed E-state index contributed by atoms with van der Waals surface area (Å²) in [5.74, 6) is -1.77. The lowest BCUT2D eigenvalue weighted by molar-refractivity contribution is -0.151. The highest BCUT2D eigenvalue weighted by Crippen LogP contribution is 2.38. The van der Waals surface area contributed by atoms with Gasteiger partial charge < -0.3 is 15.1 Å². The van der Waals surface area contributed by atoms with Gasteiger partial charge in [0.15, 0.2) is 0 Å². The molecule has 0 bridgehead atoms. The number of carboxylic acids is 1. The van der Waals surface area contributed by atoms with Crippen LogP contribution >= 0.6 is 0 Å². The quantitative estimate of drug-likeness (QED) is 0.871. The van der Waals surface area contributed by atoms with Crippen LogP contribution in [0.3, 0.4) is 0 Å².